The van der Waals surface area contributed by atoms with Gasteiger partial charge in [-0.25, -0.2) is 8.78 Å². The van der Waals surface area contributed by atoms with Gasteiger partial charge in [-0.15, -0.1) is 0 Å². The molecule has 0 radical (unpaired) electrons. The van der Waals surface area contributed by atoms with Crippen molar-refractivity contribution in [1.29, 1.82) is 0 Å². The second-order valence-corrected chi connectivity index (χ2v) is 7.34. The molecular formula is C21H23F2N3O2. The molecule has 1 fully saturated rings. The van der Waals surface area contributed by atoms with Crippen LogP contribution in [0.25, 0.3) is 0 Å². The van der Waals surface area contributed by atoms with Gasteiger partial charge < -0.3 is 15.1 Å². The second kappa shape index (κ2) is 7.96. The van der Waals surface area contributed by atoms with Crippen molar-refractivity contribution in [3.05, 3.63) is 60.2 Å². The normalized spacial score (nSPS) is 14.7. The molecule has 28 heavy (non-hydrogen) atoms. The van der Waals surface area contributed by atoms with Crippen LogP contribution < -0.4 is 10.2 Å². The molecule has 0 spiro atoms. The number of hydrogen-bond donors (Lipinski definition) is 1. The van der Waals surface area contributed by atoms with E-state index in [0.29, 0.717) is 31.9 Å². The summed E-state index contributed by atoms with van der Waals surface area (Å²) in [5, 5.41) is 2.67. The van der Waals surface area contributed by atoms with Gasteiger partial charge in [-0.2, -0.15) is 0 Å². The largest absolute Gasteiger partial charge is 0.368 e. The molecule has 0 atom stereocenters. The minimum atomic E-state index is -1.26. The Morgan fingerprint density at radius 3 is 1.89 bits per heavy atom. The van der Waals surface area contributed by atoms with E-state index in [9.17, 15) is 18.4 Å². The molecule has 2 aromatic carbocycles. The molecule has 1 heterocycles. The van der Waals surface area contributed by atoms with E-state index >= 15 is 0 Å². The van der Waals surface area contributed by atoms with E-state index in [0.717, 1.165) is 5.69 Å². The van der Waals surface area contributed by atoms with E-state index in [1.807, 2.05) is 0 Å². The standard InChI is InChI=1S/C21H23F2N3O2/c1-21(2,19(27)24-17-7-3-15(22)4-8-17)20(28)26-13-11-25(12-14-26)18-9-5-16(23)6-10-18/h3-10H,11-14H2,1-2H3,(H,24,27). The Morgan fingerprint density at radius 1 is 0.857 bits per heavy atom. The highest BCUT2D eigenvalue weighted by Crippen LogP contribution is 2.24. The summed E-state index contributed by atoms with van der Waals surface area (Å²) in [6, 6.07) is 11.7. The lowest BCUT2D eigenvalue weighted by Gasteiger charge is -2.39. The van der Waals surface area contributed by atoms with Gasteiger partial charge in [-0.3, -0.25) is 9.59 Å². The van der Waals surface area contributed by atoms with Gasteiger partial charge in [0.15, 0.2) is 0 Å². The number of amides is 2. The summed E-state index contributed by atoms with van der Waals surface area (Å²) >= 11 is 0. The fourth-order valence-corrected chi connectivity index (χ4v) is 3.13. The number of benzene rings is 2. The predicted molar refractivity (Wildman–Crippen MR) is 104 cm³/mol. The van der Waals surface area contributed by atoms with Gasteiger partial charge >= 0.3 is 0 Å². The van der Waals surface area contributed by atoms with Crippen molar-refractivity contribution in [3.63, 3.8) is 0 Å². The SMILES string of the molecule is CC(C)(C(=O)Nc1ccc(F)cc1)C(=O)N1CCN(c2ccc(F)cc2)CC1. The number of halogens is 2. The first-order valence-corrected chi connectivity index (χ1v) is 9.14. The van der Waals surface area contributed by atoms with Crippen LogP contribution in [-0.2, 0) is 9.59 Å². The quantitative estimate of drug-likeness (QED) is 0.820. The van der Waals surface area contributed by atoms with Crippen molar-refractivity contribution < 1.29 is 18.4 Å². The van der Waals surface area contributed by atoms with E-state index in [4.69, 9.17) is 0 Å². The first-order valence-electron chi connectivity index (χ1n) is 9.14. The summed E-state index contributed by atoms with van der Waals surface area (Å²) in [6.07, 6.45) is 0. The minimum Gasteiger partial charge on any atom is -0.368 e. The predicted octanol–water partition coefficient (Wildman–Crippen LogP) is 3.28. The Kier molecular flexibility index (Phi) is 5.63. The van der Waals surface area contributed by atoms with Gasteiger partial charge in [0.05, 0.1) is 0 Å². The molecule has 7 heteroatoms. The maximum absolute atomic E-state index is 13.1. The highest BCUT2D eigenvalue weighted by Gasteiger charge is 2.40. The van der Waals surface area contributed by atoms with Gasteiger partial charge in [0.25, 0.3) is 0 Å². The zero-order chi connectivity index (χ0) is 20.3. The van der Waals surface area contributed by atoms with Gasteiger partial charge in [0, 0.05) is 37.6 Å². The summed E-state index contributed by atoms with van der Waals surface area (Å²) in [4.78, 5) is 29.3. The minimum absolute atomic E-state index is 0.258. The smallest absolute Gasteiger partial charge is 0.239 e. The number of hydrogen-bond acceptors (Lipinski definition) is 3. The van der Waals surface area contributed by atoms with Crippen molar-refractivity contribution in [2.45, 2.75) is 13.8 Å². The fourth-order valence-electron chi connectivity index (χ4n) is 3.13. The maximum atomic E-state index is 13.1. The molecule has 0 aromatic heterocycles. The van der Waals surface area contributed by atoms with Crippen LogP contribution in [0.2, 0.25) is 0 Å². The van der Waals surface area contributed by atoms with Gasteiger partial charge in [0.2, 0.25) is 11.8 Å². The lowest BCUT2D eigenvalue weighted by molar-refractivity contribution is -0.146. The van der Waals surface area contributed by atoms with Crippen molar-refractivity contribution in [2.24, 2.45) is 5.41 Å². The Hall–Kier alpha value is -2.96. The van der Waals surface area contributed by atoms with Crippen molar-refractivity contribution in [1.82, 2.24) is 4.90 Å². The lowest BCUT2D eigenvalue weighted by Crippen LogP contribution is -2.54. The molecule has 1 aliphatic heterocycles. The maximum Gasteiger partial charge on any atom is 0.239 e. The van der Waals surface area contributed by atoms with Crippen LogP contribution in [0.5, 0.6) is 0 Å². The molecule has 1 aliphatic rings. The number of carbonyl (C=O) groups is 2. The zero-order valence-corrected chi connectivity index (χ0v) is 15.9. The van der Waals surface area contributed by atoms with E-state index in [1.54, 1.807) is 30.9 Å². The zero-order valence-electron chi connectivity index (χ0n) is 15.9. The van der Waals surface area contributed by atoms with E-state index in [-0.39, 0.29) is 11.7 Å². The first-order chi connectivity index (χ1) is 13.3. The molecular weight excluding hydrogens is 364 g/mol. The molecule has 0 aliphatic carbocycles. The molecule has 0 bridgehead atoms. The highest BCUT2D eigenvalue weighted by atomic mass is 19.1. The molecule has 5 nitrogen and oxygen atoms in total. The monoisotopic (exact) mass is 387 g/mol. The molecule has 1 saturated heterocycles. The third-order valence-corrected chi connectivity index (χ3v) is 4.96. The average Bonchev–Trinajstić information content (AvgIpc) is 2.70. The summed E-state index contributed by atoms with van der Waals surface area (Å²) in [7, 11) is 0. The summed E-state index contributed by atoms with van der Waals surface area (Å²) < 4.78 is 26.1. The molecule has 2 amide bonds. The van der Waals surface area contributed by atoms with E-state index in [1.165, 1.54) is 36.4 Å². The first kappa shape index (κ1) is 19.8. The Balaban J connectivity index is 1.60. The summed E-state index contributed by atoms with van der Waals surface area (Å²) in [5.41, 5.74) is 0.0853. The molecule has 148 valence electrons. The van der Waals surface area contributed by atoms with Gasteiger partial charge in [0.1, 0.15) is 17.0 Å². The molecule has 0 saturated carbocycles. The van der Waals surface area contributed by atoms with Gasteiger partial charge in [-0.05, 0) is 62.4 Å². The van der Waals surface area contributed by atoms with Crippen LogP contribution >= 0.6 is 0 Å². The summed E-state index contributed by atoms with van der Waals surface area (Å²) in [6.45, 7) is 5.33. The number of anilines is 2. The third-order valence-electron chi connectivity index (χ3n) is 4.96. The number of piperazine rings is 1. The second-order valence-electron chi connectivity index (χ2n) is 7.34. The molecule has 1 N–H and O–H groups in total. The fraction of sp³-hybridized carbons (Fsp3) is 0.333. The van der Waals surface area contributed by atoms with Crippen LogP contribution in [0.4, 0.5) is 20.2 Å². The van der Waals surface area contributed by atoms with E-state index < -0.39 is 17.1 Å². The van der Waals surface area contributed by atoms with Crippen molar-refractivity contribution >= 4 is 23.2 Å². The third kappa shape index (κ3) is 4.30. The van der Waals surface area contributed by atoms with Crippen LogP contribution in [-0.4, -0.2) is 42.9 Å². The highest BCUT2D eigenvalue weighted by molar-refractivity contribution is 6.09. The van der Waals surface area contributed by atoms with Gasteiger partial charge in [-0.1, -0.05) is 0 Å². The molecule has 2 aromatic rings. The Labute approximate surface area is 162 Å². The molecule has 0 unspecified atom stereocenters. The number of carbonyl (C=O) groups excluding carboxylic acids is 2. The Morgan fingerprint density at radius 2 is 1.36 bits per heavy atom. The summed E-state index contributed by atoms with van der Waals surface area (Å²) in [5.74, 6) is -1.38. The van der Waals surface area contributed by atoms with Crippen molar-refractivity contribution in [2.75, 3.05) is 36.4 Å². The number of nitrogens with zero attached hydrogens (tertiary/aromatic N) is 2. The van der Waals surface area contributed by atoms with Crippen LogP contribution in [0.15, 0.2) is 48.5 Å². The number of rotatable bonds is 4. The van der Waals surface area contributed by atoms with Crippen LogP contribution in [0.3, 0.4) is 0 Å². The lowest BCUT2D eigenvalue weighted by atomic mass is 9.89. The van der Waals surface area contributed by atoms with Crippen LogP contribution in [0, 0.1) is 17.0 Å². The van der Waals surface area contributed by atoms with E-state index in [2.05, 4.69) is 10.2 Å². The number of nitrogens with one attached hydrogen (secondary N) is 1. The van der Waals surface area contributed by atoms with Crippen molar-refractivity contribution in [3.8, 4) is 0 Å². The average molecular weight is 387 g/mol. The molecule has 3 rings (SSSR count). The topological polar surface area (TPSA) is 52.7 Å². The Bertz CT molecular complexity index is 843. The van der Waals surface area contributed by atoms with Crippen LogP contribution in [0.1, 0.15) is 13.8 Å².